The highest BCUT2D eigenvalue weighted by atomic mass is 32.2. The number of anilines is 1. The zero-order chi connectivity index (χ0) is 20.3. The van der Waals surface area contributed by atoms with Gasteiger partial charge >= 0.3 is 5.97 Å². The van der Waals surface area contributed by atoms with Gasteiger partial charge in [-0.2, -0.15) is 5.26 Å². The highest BCUT2D eigenvalue weighted by molar-refractivity contribution is 8.00. The predicted octanol–water partition coefficient (Wildman–Crippen LogP) is 2.86. The number of carbonyl (C=O) groups is 3. The number of hydrogen-bond acceptors (Lipinski definition) is 7. The van der Waals surface area contributed by atoms with Crippen LogP contribution in [0.15, 0.2) is 41.4 Å². The van der Waals surface area contributed by atoms with E-state index in [2.05, 4.69) is 11.1 Å². The van der Waals surface area contributed by atoms with E-state index >= 15 is 0 Å². The number of nitriles is 1. The van der Waals surface area contributed by atoms with Crippen molar-refractivity contribution in [1.29, 1.82) is 5.26 Å². The van der Waals surface area contributed by atoms with E-state index in [1.165, 1.54) is 12.1 Å². The average Bonchev–Trinajstić information content (AvgIpc) is 2.95. The smallest absolute Gasteiger partial charge is 0.338 e. The first kappa shape index (κ1) is 19.6. The molecule has 7 nitrogen and oxygen atoms in total. The molecule has 0 radical (unpaired) electrons. The van der Waals surface area contributed by atoms with E-state index in [4.69, 9.17) is 4.74 Å². The van der Waals surface area contributed by atoms with Gasteiger partial charge < -0.3 is 4.74 Å². The number of ether oxygens (including phenoxy) is 1. The monoisotopic (exact) mass is 395 g/mol. The van der Waals surface area contributed by atoms with E-state index in [0.29, 0.717) is 21.8 Å². The molecule has 8 heteroatoms. The zero-order valence-electron chi connectivity index (χ0n) is 15.3. The van der Waals surface area contributed by atoms with Crippen LogP contribution in [-0.2, 0) is 14.3 Å². The molecule has 0 spiro atoms. The lowest BCUT2D eigenvalue weighted by Gasteiger charge is -2.15. The average molecular weight is 395 g/mol. The molecular formula is C20H17N3O4S. The molecule has 2 aromatic rings. The van der Waals surface area contributed by atoms with Crippen molar-refractivity contribution in [3.63, 3.8) is 0 Å². The molecular weight excluding hydrogens is 378 g/mol. The number of aryl methyl sites for hydroxylation is 1. The van der Waals surface area contributed by atoms with Gasteiger partial charge in [-0.05, 0) is 50.2 Å². The van der Waals surface area contributed by atoms with Gasteiger partial charge in [0, 0.05) is 12.1 Å². The first-order chi connectivity index (χ1) is 13.4. The number of rotatable bonds is 5. The van der Waals surface area contributed by atoms with Crippen molar-refractivity contribution >= 4 is 35.2 Å². The molecule has 1 fully saturated rings. The predicted molar refractivity (Wildman–Crippen MR) is 103 cm³/mol. The maximum Gasteiger partial charge on any atom is 0.338 e. The third-order valence-corrected chi connectivity index (χ3v) is 5.30. The molecule has 1 aromatic heterocycles. The molecule has 0 aliphatic carbocycles. The minimum absolute atomic E-state index is 0.0175. The van der Waals surface area contributed by atoms with Crippen LogP contribution in [0.4, 0.5) is 5.69 Å². The van der Waals surface area contributed by atoms with E-state index in [9.17, 15) is 19.6 Å². The fourth-order valence-electron chi connectivity index (χ4n) is 2.77. The number of hydrogen-bond donors (Lipinski definition) is 0. The lowest BCUT2D eigenvalue weighted by Crippen LogP contribution is -2.31. The second-order valence-corrected chi connectivity index (χ2v) is 7.25. The lowest BCUT2D eigenvalue weighted by molar-refractivity contribution is -0.121. The largest absolute Gasteiger partial charge is 0.462 e. The number of benzene rings is 1. The Labute approximate surface area is 166 Å². The molecule has 1 saturated heterocycles. The number of pyridine rings is 1. The first-order valence-corrected chi connectivity index (χ1v) is 9.51. The van der Waals surface area contributed by atoms with Gasteiger partial charge in [0.05, 0.1) is 28.7 Å². The summed E-state index contributed by atoms with van der Waals surface area (Å²) in [5.41, 5.74) is 1.83. The minimum Gasteiger partial charge on any atom is -0.462 e. The van der Waals surface area contributed by atoms with Gasteiger partial charge in [-0.15, -0.1) is 0 Å². The molecule has 142 valence electrons. The summed E-state index contributed by atoms with van der Waals surface area (Å²) in [7, 11) is 0. The summed E-state index contributed by atoms with van der Waals surface area (Å²) in [6.45, 7) is 3.77. The van der Waals surface area contributed by atoms with Crippen molar-refractivity contribution in [3.05, 3.63) is 53.2 Å². The second-order valence-electron chi connectivity index (χ2n) is 6.06. The summed E-state index contributed by atoms with van der Waals surface area (Å²) in [6, 6.07) is 11.6. The van der Waals surface area contributed by atoms with Crippen LogP contribution in [-0.4, -0.2) is 34.6 Å². The van der Waals surface area contributed by atoms with E-state index in [1.807, 2.05) is 0 Å². The molecule has 2 amide bonds. The summed E-state index contributed by atoms with van der Waals surface area (Å²) in [6.07, 6.45) is 0.0175. The fraction of sp³-hybridized carbons (Fsp3) is 0.250. The van der Waals surface area contributed by atoms with E-state index in [0.717, 1.165) is 22.4 Å². The van der Waals surface area contributed by atoms with Crippen LogP contribution >= 0.6 is 11.8 Å². The van der Waals surface area contributed by atoms with Gasteiger partial charge in [-0.3, -0.25) is 9.59 Å². The van der Waals surface area contributed by atoms with Crippen LogP contribution in [0.5, 0.6) is 0 Å². The number of nitrogens with zero attached hydrogens (tertiary/aromatic N) is 3. The van der Waals surface area contributed by atoms with Crippen molar-refractivity contribution < 1.29 is 19.1 Å². The number of aromatic nitrogens is 1. The number of imide groups is 1. The third kappa shape index (κ3) is 3.89. The Morgan fingerprint density at radius 3 is 2.64 bits per heavy atom. The number of esters is 1. The Balaban J connectivity index is 1.80. The van der Waals surface area contributed by atoms with Crippen LogP contribution in [0.1, 0.15) is 35.0 Å². The number of carbonyl (C=O) groups excluding carboxylic acids is 3. The molecule has 1 aliphatic heterocycles. The van der Waals surface area contributed by atoms with E-state index in [-0.39, 0.29) is 24.8 Å². The van der Waals surface area contributed by atoms with Crippen LogP contribution in [0.25, 0.3) is 0 Å². The lowest BCUT2D eigenvalue weighted by atomic mass is 10.2. The zero-order valence-corrected chi connectivity index (χ0v) is 16.2. The highest BCUT2D eigenvalue weighted by Gasteiger charge is 2.40. The van der Waals surface area contributed by atoms with Crippen LogP contribution in [0, 0.1) is 18.3 Å². The van der Waals surface area contributed by atoms with Gasteiger partial charge in [0.25, 0.3) is 0 Å². The summed E-state index contributed by atoms with van der Waals surface area (Å²) in [4.78, 5) is 42.4. The van der Waals surface area contributed by atoms with Gasteiger partial charge in [0.15, 0.2) is 0 Å². The first-order valence-electron chi connectivity index (χ1n) is 8.63. The maximum absolute atomic E-state index is 12.8. The van der Waals surface area contributed by atoms with Crippen molar-refractivity contribution in [2.24, 2.45) is 0 Å². The molecule has 0 saturated carbocycles. The van der Waals surface area contributed by atoms with Crippen LogP contribution in [0.3, 0.4) is 0 Å². The number of thioether (sulfide) groups is 1. The Morgan fingerprint density at radius 1 is 1.29 bits per heavy atom. The molecule has 1 atom stereocenters. The maximum atomic E-state index is 12.8. The molecule has 28 heavy (non-hydrogen) atoms. The van der Waals surface area contributed by atoms with Gasteiger partial charge in [-0.25, -0.2) is 14.7 Å². The molecule has 0 N–H and O–H groups in total. The Bertz CT molecular complexity index is 982. The Kier molecular flexibility index (Phi) is 5.76. The summed E-state index contributed by atoms with van der Waals surface area (Å²) < 4.78 is 4.93. The molecule has 2 heterocycles. The van der Waals surface area contributed by atoms with Crippen molar-refractivity contribution in [2.75, 3.05) is 11.5 Å². The molecule has 3 rings (SSSR count). The molecule has 1 aromatic carbocycles. The molecule has 1 aliphatic rings. The Hall–Kier alpha value is -3.18. The van der Waals surface area contributed by atoms with Crippen LogP contribution in [0.2, 0.25) is 0 Å². The molecule has 1 unspecified atom stereocenters. The van der Waals surface area contributed by atoms with Gasteiger partial charge in [0.2, 0.25) is 11.8 Å². The quantitative estimate of drug-likeness (QED) is 0.567. The SMILES string of the molecule is CCOC(=O)c1ccc(N2C(=O)CC(Sc3nc(C)ccc3C#N)C2=O)cc1. The van der Waals surface area contributed by atoms with Gasteiger partial charge in [0.1, 0.15) is 11.1 Å². The standard InChI is InChI=1S/C20H17N3O4S/c1-3-27-20(26)13-6-8-15(9-7-13)23-17(24)10-16(19(23)25)28-18-14(11-21)5-4-12(2)22-18/h4-9,16H,3,10H2,1-2H3. The summed E-state index contributed by atoms with van der Waals surface area (Å²) in [5.74, 6) is -1.17. The topological polar surface area (TPSA) is 100 Å². The number of amides is 2. The summed E-state index contributed by atoms with van der Waals surface area (Å²) >= 11 is 1.12. The van der Waals surface area contributed by atoms with E-state index < -0.39 is 11.2 Å². The Morgan fingerprint density at radius 2 is 2.00 bits per heavy atom. The van der Waals surface area contributed by atoms with Crippen LogP contribution < -0.4 is 4.90 Å². The normalized spacial score (nSPS) is 16.2. The van der Waals surface area contributed by atoms with Crippen molar-refractivity contribution in [1.82, 2.24) is 4.98 Å². The van der Waals surface area contributed by atoms with Gasteiger partial charge in [-0.1, -0.05) is 11.8 Å². The molecule has 0 bridgehead atoms. The minimum atomic E-state index is -0.654. The highest BCUT2D eigenvalue weighted by Crippen LogP contribution is 2.34. The van der Waals surface area contributed by atoms with E-state index in [1.54, 1.807) is 38.1 Å². The van der Waals surface area contributed by atoms with Crippen molar-refractivity contribution in [2.45, 2.75) is 30.5 Å². The third-order valence-electron chi connectivity index (χ3n) is 4.12. The second kappa shape index (κ2) is 8.23. The fourth-order valence-corrected chi connectivity index (χ4v) is 3.91. The summed E-state index contributed by atoms with van der Waals surface area (Å²) in [5, 5.41) is 9.02. The van der Waals surface area contributed by atoms with Crippen molar-refractivity contribution in [3.8, 4) is 6.07 Å².